The van der Waals surface area contributed by atoms with Gasteiger partial charge in [0.25, 0.3) is 5.56 Å². The van der Waals surface area contributed by atoms with E-state index in [4.69, 9.17) is 0 Å². The maximum absolute atomic E-state index is 12.0. The molecule has 3 rings (SSSR count). The van der Waals surface area contributed by atoms with Crippen LogP contribution in [0.3, 0.4) is 0 Å². The van der Waals surface area contributed by atoms with E-state index in [-0.39, 0.29) is 11.5 Å². The Hall–Kier alpha value is -2.95. The molecule has 0 bridgehead atoms. The first-order valence-corrected chi connectivity index (χ1v) is 7.96. The molecular formula is C19H19N3O2. The molecule has 0 saturated heterocycles. The molecule has 1 heterocycles. The lowest BCUT2D eigenvalue weighted by Crippen LogP contribution is -2.14. The van der Waals surface area contributed by atoms with Crippen LogP contribution in [0.2, 0.25) is 0 Å². The number of amides is 1. The number of hydrogen-bond donors (Lipinski definition) is 2. The number of hydrogen-bond acceptors (Lipinski definition) is 3. The summed E-state index contributed by atoms with van der Waals surface area (Å²) in [6.45, 7) is 1.98. The first-order valence-electron chi connectivity index (χ1n) is 7.96. The van der Waals surface area contributed by atoms with Crippen molar-refractivity contribution in [2.75, 3.05) is 5.32 Å². The molecule has 0 fully saturated rings. The summed E-state index contributed by atoms with van der Waals surface area (Å²) in [7, 11) is 0. The van der Waals surface area contributed by atoms with Gasteiger partial charge in [0.1, 0.15) is 5.82 Å². The van der Waals surface area contributed by atoms with E-state index in [0.717, 1.165) is 11.3 Å². The van der Waals surface area contributed by atoms with Gasteiger partial charge >= 0.3 is 0 Å². The molecule has 0 aliphatic carbocycles. The van der Waals surface area contributed by atoms with Crippen LogP contribution in [0.5, 0.6) is 0 Å². The molecule has 2 N–H and O–H groups in total. The fraction of sp³-hybridized carbons (Fsp3) is 0.211. The van der Waals surface area contributed by atoms with Gasteiger partial charge in [-0.2, -0.15) is 0 Å². The second-order valence-corrected chi connectivity index (χ2v) is 5.80. The van der Waals surface area contributed by atoms with E-state index in [1.807, 2.05) is 49.4 Å². The van der Waals surface area contributed by atoms with Gasteiger partial charge in [-0.05, 0) is 43.2 Å². The van der Waals surface area contributed by atoms with E-state index in [2.05, 4.69) is 15.3 Å². The highest BCUT2D eigenvalue weighted by atomic mass is 16.1. The first kappa shape index (κ1) is 15.9. The van der Waals surface area contributed by atoms with E-state index in [1.54, 1.807) is 6.07 Å². The highest BCUT2D eigenvalue weighted by Gasteiger charge is 2.06. The number of nitrogens with one attached hydrogen (secondary N) is 2. The Kier molecular flexibility index (Phi) is 4.70. The number of anilines is 1. The van der Waals surface area contributed by atoms with Gasteiger partial charge in [-0.25, -0.2) is 4.98 Å². The summed E-state index contributed by atoms with van der Waals surface area (Å²) in [6.07, 6.45) is 1.56. The lowest BCUT2D eigenvalue weighted by molar-refractivity contribution is -0.116. The van der Waals surface area contributed by atoms with Crippen LogP contribution in [0.4, 0.5) is 5.69 Å². The largest absolute Gasteiger partial charge is 0.326 e. The Labute approximate surface area is 139 Å². The molecule has 2 aromatic carbocycles. The average molecular weight is 321 g/mol. The Morgan fingerprint density at radius 2 is 2.00 bits per heavy atom. The van der Waals surface area contributed by atoms with Gasteiger partial charge in [0.05, 0.1) is 10.9 Å². The Morgan fingerprint density at radius 3 is 2.83 bits per heavy atom. The summed E-state index contributed by atoms with van der Waals surface area (Å²) in [5.41, 5.74) is 2.45. The van der Waals surface area contributed by atoms with Crippen molar-refractivity contribution in [1.82, 2.24) is 9.97 Å². The summed E-state index contributed by atoms with van der Waals surface area (Å²) in [5, 5.41) is 3.46. The summed E-state index contributed by atoms with van der Waals surface area (Å²) < 4.78 is 0. The third-order valence-corrected chi connectivity index (χ3v) is 3.78. The molecule has 5 heteroatoms. The number of nitrogens with zero attached hydrogens (tertiary/aromatic N) is 1. The van der Waals surface area contributed by atoms with Gasteiger partial charge in [0.2, 0.25) is 5.91 Å². The summed E-state index contributed by atoms with van der Waals surface area (Å²) in [5.74, 6) is 0.575. The van der Waals surface area contributed by atoms with Crippen molar-refractivity contribution in [2.45, 2.75) is 26.2 Å². The molecular weight excluding hydrogens is 302 g/mol. The van der Waals surface area contributed by atoms with Gasteiger partial charge in [-0.15, -0.1) is 0 Å². The zero-order valence-corrected chi connectivity index (χ0v) is 13.5. The zero-order chi connectivity index (χ0) is 16.9. The van der Waals surface area contributed by atoms with Gasteiger partial charge < -0.3 is 10.3 Å². The van der Waals surface area contributed by atoms with Crippen molar-refractivity contribution in [3.63, 3.8) is 0 Å². The first-order chi connectivity index (χ1) is 11.6. The van der Waals surface area contributed by atoms with E-state index in [1.165, 1.54) is 0 Å². The maximum atomic E-state index is 12.0. The van der Waals surface area contributed by atoms with Crippen molar-refractivity contribution in [3.05, 3.63) is 70.3 Å². The van der Waals surface area contributed by atoms with Crippen molar-refractivity contribution in [1.29, 1.82) is 0 Å². The Morgan fingerprint density at radius 1 is 1.17 bits per heavy atom. The van der Waals surface area contributed by atoms with Crippen molar-refractivity contribution >= 4 is 22.5 Å². The second kappa shape index (κ2) is 7.08. The number of benzene rings is 2. The molecule has 0 saturated carbocycles. The Balaban J connectivity index is 1.58. The standard InChI is InChI=1S/C19H19N3O2/c1-13-6-4-7-14(12-13)20-18(23)11-5-10-17-21-16-9-3-2-8-15(16)19(24)22-17/h2-4,6-9,12H,5,10-11H2,1H3,(H,20,23)(H,21,22,24). The van der Waals surface area contributed by atoms with Crippen molar-refractivity contribution in [3.8, 4) is 0 Å². The van der Waals surface area contributed by atoms with Gasteiger partial charge in [0, 0.05) is 18.5 Å². The third kappa shape index (κ3) is 3.87. The van der Waals surface area contributed by atoms with Crippen molar-refractivity contribution in [2.24, 2.45) is 0 Å². The smallest absolute Gasteiger partial charge is 0.258 e. The summed E-state index contributed by atoms with van der Waals surface area (Å²) >= 11 is 0. The SMILES string of the molecule is Cc1cccc(NC(=O)CCCc2nc3ccccc3c(=O)[nH]2)c1. The van der Waals surface area contributed by atoms with Crippen molar-refractivity contribution < 1.29 is 4.79 Å². The van der Waals surface area contributed by atoms with E-state index >= 15 is 0 Å². The molecule has 1 aromatic heterocycles. The minimum atomic E-state index is -0.139. The molecule has 0 unspecified atom stereocenters. The number of carbonyl (C=O) groups is 1. The van der Waals surface area contributed by atoms with Crippen LogP contribution in [-0.4, -0.2) is 15.9 Å². The highest BCUT2D eigenvalue weighted by molar-refractivity contribution is 5.90. The number of fused-ring (bicyclic) bond motifs is 1. The van der Waals surface area contributed by atoms with Gasteiger partial charge in [0.15, 0.2) is 0 Å². The average Bonchev–Trinajstić information content (AvgIpc) is 2.55. The number of carbonyl (C=O) groups excluding carboxylic acids is 1. The predicted molar refractivity (Wildman–Crippen MR) is 95.1 cm³/mol. The molecule has 24 heavy (non-hydrogen) atoms. The van der Waals surface area contributed by atoms with Gasteiger partial charge in [-0.1, -0.05) is 24.3 Å². The van der Waals surface area contributed by atoms with Gasteiger partial charge in [-0.3, -0.25) is 9.59 Å². The van der Waals surface area contributed by atoms with Crippen LogP contribution in [0.15, 0.2) is 53.3 Å². The molecule has 0 aliphatic rings. The number of rotatable bonds is 5. The van der Waals surface area contributed by atoms with E-state index in [9.17, 15) is 9.59 Å². The number of para-hydroxylation sites is 1. The Bertz CT molecular complexity index is 931. The predicted octanol–water partition coefficient (Wildman–Crippen LogP) is 3.19. The lowest BCUT2D eigenvalue weighted by Gasteiger charge is -2.06. The summed E-state index contributed by atoms with van der Waals surface area (Å²) in [4.78, 5) is 31.2. The minimum absolute atomic E-state index is 0.0382. The minimum Gasteiger partial charge on any atom is -0.326 e. The number of aromatic nitrogens is 2. The molecule has 122 valence electrons. The highest BCUT2D eigenvalue weighted by Crippen LogP contribution is 2.11. The molecule has 5 nitrogen and oxygen atoms in total. The molecule has 0 aliphatic heterocycles. The zero-order valence-electron chi connectivity index (χ0n) is 13.5. The molecule has 1 amide bonds. The third-order valence-electron chi connectivity index (χ3n) is 3.78. The second-order valence-electron chi connectivity index (χ2n) is 5.80. The lowest BCUT2D eigenvalue weighted by atomic mass is 10.2. The van der Waals surface area contributed by atoms with E-state index in [0.29, 0.717) is 36.0 Å². The molecule has 0 radical (unpaired) electrons. The van der Waals surface area contributed by atoms with Crippen LogP contribution in [0, 0.1) is 6.92 Å². The monoisotopic (exact) mass is 321 g/mol. The van der Waals surface area contributed by atoms with E-state index < -0.39 is 0 Å². The number of aromatic amines is 1. The van der Waals surface area contributed by atoms with Crippen LogP contribution in [-0.2, 0) is 11.2 Å². The van der Waals surface area contributed by atoms with Crippen LogP contribution in [0.25, 0.3) is 10.9 Å². The maximum Gasteiger partial charge on any atom is 0.258 e. The number of aryl methyl sites for hydroxylation is 2. The number of H-pyrrole nitrogens is 1. The van der Waals surface area contributed by atoms with Crippen LogP contribution in [0.1, 0.15) is 24.2 Å². The normalized spacial score (nSPS) is 10.7. The van der Waals surface area contributed by atoms with Crippen LogP contribution < -0.4 is 10.9 Å². The summed E-state index contributed by atoms with van der Waals surface area (Å²) in [6, 6.07) is 14.9. The molecule has 3 aromatic rings. The molecule has 0 spiro atoms. The fourth-order valence-electron chi connectivity index (χ4n) is 2.62. The molecule has 0 atom stereocenters. The quantitative estimate of drug-likeness (QED) is 0.758. The fourth-order valence-corrected chi connectivity index (χ4v) is 2.62. The van der Waals surface area contributed by atoms with Crippen LogP contribution >= 0.6 is 0 Å². The topological polar surface area (TPSA) is 74.8 Å².